The standard InChI is InChI=1S/C22H27N7O2/c1-27(23)21-13-16-3-4-17(18(16)14-24-21)22(30)29-10-8-28(9-11-29)7-6-15-2-5-19-20(12-15)26-31-25-19/h2,5,12-14,17H,3-4,6-11,23H2,1H3. The summed E-state index contributed by atoms with van der Waals surface area (Å²) in [5.74, 6) is 6.69. The van der Waals surface area contributed by atoms with E-state index < -0.39 is 0 Å². The average molecular weight is 422 g/mol. The molecule has 1 aromatic carbocycles. The van der Waals surface area contributed by atoms with Crippen LogP contribution in [0.4, 0.5) is 5.82 Å². The Balaban J connectivity index is 1.15. The number of nitrogens with zero attached hydrogens (tertiary/aromatic N) is 6. The highest BCUT2D eigenvalue weighted by Crippen LogP contribution is 2.35. The van der Waals surface area contributed by atoms with Gasteiger partial charge in [-0.2, -0.15) is 0 Å². The molecule has 9 heteroatoms. The van der Waals surface area contributed by atoms with Gasteiger partial charge in [0.05, 0.1) is 5.92 Å². The number of nitrogens with two attached hydrogens (primary N) is 1. The monoisotopic (exact) mass is 421 g/mol. The highest BCUT2D eigenvalue weighted by atomic mass is 16.6. The summed E-state index contributed by atoms with van der Waals surface area (Å²) in [6, 6.07) is 8.06. The molecule has 31 heavy (non-hydrogen) atoms. The largest absolute Gasteiger partial charge is 0.340 e. The zero-order valence-corrected chi connectivity index (χ0v) is 17.7. The van der Waals surface area contributed by atoms with Crippen LogP contribution in [-0.4, -0.2) is 70.8 Å². The Labute approximate surface area is 180 Å². The molecule has 2 N–H and O–H groups in total. The first kappa shape index (κ1) is 19.9. The molecule has 1 aliphatic heterocycles. The Bertz CT molecular complexity index is 1090. The van der Waals surface area contributed by atoms with Crippen molar-refractivity contribution in [3.8, 4) is 0 Å². The van der Waals surface area contributed by atoms with Crippen LogP contribution in [0.5, 0.6) is 0 Å². The summed E-state index contributed by atoms with van der Waals surface area (Å²) in [7, 11) is 1.77. The SMILES string of the molecule is CN(N)c1cc2c(cn1)C(C(=O)N1CCN(CCc3ccc4nonc4c3)CC1)CC2. The van der Waals surface area contributed by atoms with Gasteiger partial charge in [0, 0.05) is 46.0 Å². The molecule has 2 aromatic heterocycles. The number of aromatic nitrogens is 3. The number of piperazine rings is 1. The van der Waals surface area contributed by atoms with E-state index in [9.17, 15) is 4.79 Å². The first-order valence-electron chi connectivity index (χ1n) is 10.8. The quantitative estimate of drug-likeness (QED) is 0.486. The van der Waals surface area contributed by atoms with Gasteiger partial charge in [-0.1, -0.05) is 6.07 Å². The van der Waals surface area contributed by atoms with E-state index in [2.05, 4.69) is 26.3 Å². The number of pyridine rings is 1. The molecule has 1 saturated heterocycles. The lowest BCUT2D eigenvalue weighted by Gasteiger charge is -2.36. The highest BCUT2D eigenvalue weighted by Gasteiger charge is 2.33. The molecule has 9 nitrogen and oxygen atoms in total. The van der Waals surface area contributed by atoms with Gasteiger partial charge in [-0.25, -0.2) is 15.5 Å². The number of hydrogen-bond acceptors (Lipinski definition) is 8. The molecule has 3 aromatic rings. The van der Waals surface area contributed by atoms with Crippen molar-refractivity contribution in [2.24, 2.45) is 5.84 Å². The topological polar surface area (TPSA) is 105 Å². The van der Waals surface area contributed by atoms with Gasteiger partial charge in [0.25, 0.3) is 0 Å². The third kappa shape index (κ3) is 3.98. The number of carbonyl (C=O) groups excluding carboxylic acids is 1. The Hall–Kier alpha value is -3.04. The van der Waals surface area contributed by atoms with Crippen molar-refractivity contribution in [1.29, 1.82) is 0 Å². The number of carbonyl (C=O) groups is 1. The molecule has 3 heterocycles. The lowest BCUT2D eigenvalue weighted by Crippen LogP contribution is -2.50. The molecule has 1 unspecified atom stereocenters. The van der Waals surface area contributed by atoms with Crippen molar-refractivity contribution in [1.82, 2.24) is 25.1 Å². The molecule has 2 aliphatic rings. The number of hydrogen-bond donors (Lipinski definition) is 1. The number of hydrazine groups is 1. The van der Waals surface area contributed by atoms with Crippen LogP contribution in [0, 0.1) is 0 Å². The Kier molecular flexibility index (Phi) is 5.29. The van der Waals surface area contributed by atoms with E-state index in [1.54, 1.807) is 7.05 Å². The maximum atomic E-state index is 13.2. The van der Waals surface area contributed by atoms with E-state index in [1.807, 2.05) is 29.3 Å². The Morgan fingerprint density at radius 1 is 1.19 bits per heavy atom. The van der Waals surface area contributed by atoms with Crippen molar-refractivity contribution in [3.63, 3.8) is 0 Å². The van der Waals surface area contributed by atoms with Crippen molar-refractivity contribution in [3.05, 3.63) is 47.2 Å². The van der Waals surface area contributed by atoms with Crippen LogP contribution in [0.15, 0.2) is 35.1 Å². The van der Waals surface area contributed by atoms with Crippen LogP contribution in [0.25, 0.3) is 11.0 Å². The maximum absolute atomic E-state index is 13.2. The smallest absolute Gasteiger partial charge is 0.230 e. The minimum Gasteiger partial charge on any atom is -0.340 e. The number of rotatable bonds is 5. The van der Waals surface area contributed by atoms with Crippen LogP contribution in [-0.2, 0) is 17.6 Å². The second kappa shape index (κ2) is 8.24. The van der Waals surface area contributed by atoms with Crippen molar-refractivity contribution in [2.45, 2.75) is 25.2 Å². The second-order valence-corrected chi connectivity index (χ2v) is 8.45. The molecule has 0 bridgehead atoms. The molecule has 1 atom stereocenters. The molecule has 162 valence electrons. The molecule has 0 radical (unpaired) electrons. The summed E-state index contributed by atoms with van der Waals surface area (Å²) in [5.41, 5.74) is 5.06. The van der Waals surface area contributed by atoms with E-state index in [0.717, 1.165) is 74.4 Å². The molecule has 1 fully saturated rings. The van der Waals surface area contributed by atoms with Gasteiger partial charge in [0.15, 0.2) is 0 Å². The number of fused-ring (bicyclic) bond motifs is 2. The molecular weight excluding hydrogens is 394 g/mol. The van der Waals surface area contributed by atoms with Crippen LogP contribution in [0.3, 0.4) is 0 Å². The number of amides is 1. The van der Waals surface area contributed by atoms with Gasteiger partial charge in [0.2, 0.25) is 5.91 Å². The van der Waals surface area contributed by atoms with Crippen LogP contribution < -0.4 is 10.9 Å². The third-order valence-electron chi connectivity index (χ3n) is 6.47. The van der Waals surface area contributed by atoms with Gasteiger partial charge < -0.3 is 4.90 Å². The van der Waals surface area contributed by atoms with Crippen LogP contribution >= 0.6 is 0 Å². The van der Waals surface area contributed by atoms with Gasteiger partial charge in [-0.3, -0.25) is 14.7 Å². The fourth-order valence-electron chi connectivity index (χ4n) is 4.61. The van der Waals surface area contributed by atoms with E-state index >= 15 is 0 Å². The average Bonchev–Trinajstić information content (AvgIpc) is 3.43. The summed E-state index contributed by atoms with van der Waals surface area (Å²) in [6.07, 6.45) is 4.53. The summed E-state index contributed by atoms with van der Waals surface area (Å²) < 4.78 is 4.77. The summed E-state index contributed by atoms with van der Waals surface area (Å²) in [4.78, 5) is 22.0. The number of anilines is 1. The molecule has 5 rings (SSSR count). The highest BCUT2D eigenvalue weighted by molar-refractivity contribution is 5.85. The first-order valence-corrected chi connectivity index (χ1v) is 10.8. The zero-order valence-electron chi connectivity index (χ0n) is 17.7. The maximum Gasteiger partial charge on any atom is 0.230 e. The van der Waals surface area contributed by atoms with Crippen LogP contribution in [0.1, 0.15) is 29.0 Å². The predicted octanol–water partition coefficient (Wildman–Crippen LogP) is 1.34. The molecular formula is C22H27N7O2. The fourth-order valence-corrected chi connectivity index (χ4v) is 4.61. The second-order valence-electron chi connectivity index (χ2n) is 8.45. The van der Waals surface area contributed by atoms with E-state index in [4.69, 9.17) is 10.5 Å². The summed E-state index contributed by atoms with van der Waals surface area (Å²) in [5, 5.41) is 9.27. The normalized spacial score (nSPS) is 19.0. The van der Waals surface area contributed by atoms with Gasteiger partial charge in [0.1, 0.15) is 16.9 Å². The summed E-state index contributed by atoms with van der Waals surface area (Å²) >= 11 is 0. The minimum atomic E-state index is -0.0750. The molecule has 1 aliphatic carbocycles. The lowest BCUT2D eigenvalue weighted by molar-refractivity contribution is -0.134. The minimum absolute atomic E-state index is 0.0750. The number of aryl methyl sites for hydroxylation is 1. The fraction of sp³-hybridized carbons (Fsp3) is 0.455. The lowest BCUT2D eigenvalue weighted by atomic mass is 10.0. The van der Waals surface area contributed by atoms with Crippen molar-refractivity contribution < 1.29 is 9.42 Å². The zero-order chi connectivity index (χ0) is 21.4. The Morgan fingerprint density at radius 3 is 2.81 bits per heavy atom. The third-order valence-corrected chi connectivity index (χ3v) is 6.47. The van der Waals surface area contributed by atoms with Crippen molar-refractivity contribution >= 4 is 22.8 Å². The van der Waals surface area contributed by atoms with Gasteiger partial charge in [-0.05, 0) is 64.5 Å². The Morgan fingerprint density at radius 2 is 2.00 bits per heavy atom. The molecule has 0 spiro atoms. The van der Waals surface area contributed by atoms with Crippen LogP contribution in [0.2, 0.25) is 0 Å². The summed E-state index contributed by atoms with van der Waals surface area (Å²) in [6.45, 7) is 4.30. The van der Waals surface area contributed by atoms with E-state index in [-0.39, 0.29) is 11.8 Å². The molecule has 1 amide bonds. The van der Waals surface area contributed by atoms with Crippen molar-refractivity contribution in [2.75, 3.05) is 44.8 Å². The predicted molar refractivity (Wildman–Crippen MR) is 116 cm³/mol. The molecule has 0 saturated carbocycles. The van der Waals surface area contributed by atoms with Gasteiger partial charge >= 0.3 is 0 Å². The van der Waals surface area contributed by atoms with E-state index in [1.165, 1.54) is 16.1 Å². The van der Waals surface area contributed by atoms with Gasteiger partial charge in [-0.15, -0.1) is 0 Å². The van der Waals surface area contributed by atoms with E-state index in [0.29, 0.717) is 0 Å². The first-order chi connectivity index (χ1) is 15.1. The number of benzene rings is 1.